The van der Waals surface area contributed by atoms with Gasteiger partial charge in [-0.3, -0.25) is 0 Å². The van der Waals surface area contributed by atoms with Crippen LogP contribution >= 0.6 is 0 Å². The highest BCUT2D eigenvalue weighted by Gasteiger charge is 2.18. The van der Waals surface area contributed by atoms with Gasteiger partial charge in [0.2, 0.25) is 0 Å². The number of benzene rings is 1. The maximum absolute atomic E-state index is 11.9. The number of unbranched alkanes of at least 4 members (excludes halogenated alkanes) is 1. The number of nitrogens with two attached hydrogens (primary N) is 1. The maximum Gasteiger partial charge on any atom is 0.338 e. The van der Waals surface area contributed by atoms with Gasteiger partial charge >= 0.3 is 5.97 Å². The first kappa shape index (κ1) is 16.3. The minimum atomic E-state index is -0.541. The fourth-order valence-corrected chi connectivity index (χ4v) is 1.52. The van der Waals surface area contributed by atoms with E-state index in [-0.39, 0.29) is 6.61 Å². The molecule has 1 aromatic carbocycles. The van der Waals surface area contributed by atoms with E-state index in [1.807, 2.05) is 20.8 Å². The van der Waals surface area contributed by atoms with Gasteiger partial charge in [-0.2, -0.15) is 0 Å². The van der Waals surface area contributed by atoms with Crippen LogP contribution in [0.15, 0.2) is 18.2 Å². The summed E-state index contributed by atoms with van der Waals surface area (Å²) in [6.07, 6.45) is 1.40. The molecular weight excluding hydrogens is 258 g/mol. The summed E-state index contributed by atoms with van der Waals surface area (Å²) in [5.74, 6) is 0.0593. The molecule has 0 unspecified atom stereocenters. The van der Waals surface area contributed by atoms with E-state index in [1.165, 1.54) is 0 Å². The lowest BCUT2D eigenvalue weighted by molar-refractivity contribution is 0.00691. The largest absolute Gasteiger partial charge is 0.491 e. The Labute approximate surface area is 119 Å². The lowest BCUT2D eigenvalue weighted by Crippen LogP contribution is -2.23. The van der Waals surface area contributed by atoms with E-state index < -0.39 is 11.6 Å². The van der Waals surface area contributed by atoms with Crippen LogP contribution in [0.25, 0.3) is 0 Å². The van der Waals surface area contributed by atoms with E-state index >= 15 is 0 Å². The number of nitrogen functional groups attached to an aromatic ring is 1. The van der Waals surface area contributed by atoms with Crippen LogP contribution in [0.2, 0.25) is 0 Å². The molecule has 0 atom stereocenters. The van der Waals surface area contributed by atoms with E-state index in [9.17, 15) is 4.79 Å². The average molecular weight is 281 g/mol. The molecule has 0 spiro atoms. The number of aliphatic hydroxyl groups excluding tert-OH is 1. The molecular formula is C15H23NO4. The van der Waals surface area contributed by atoms with Gasteiger partial charge in [-0.05, 0) is 51.8 Å². The molecule has 0 fully saturated rings. The highest BCUT2D eigenvalue weighted by molar-refractivity contribution is 5.91. The van der Waals surface area contributed by atoms with Gasteiger partial charge in [-0.15, -0.1) is 0 Å². The van der Waals surface area contributed by atoms with Crippen molar-refractivity contribution in [2.75, 3.05) is 18.9 Å². The first-order valence-corrected chi connectivity index (χ1v) is 6.70. The number of aliphatic hydroxyl groups is 1. The third-order valence-corrected chi connectivity index (χ3v) is 2.46. The second-order valence-electron chi connectivity index (χ2n) is 5.53. The number of carbonyl (C=O) groups excluding carboxylic acids is 1. The lowest BCUT2D eigenvalue weighted by Gasteiger charge is -2.19. The zero-order chi connectivity index (χ0) is 15.2. The Balaban J connectivity index is 2.72. The van der Waals surface area contributed by atoms with E-state index in [2.05, 4.69) is 0 Å². The Morgan fingerprint density at radius 2 is 2.00 bits per heavy atom. The van der Waals surface area contributed by atoms with Crippen molar-refractivity contribution in [3.63, 3.8) is 0 Å². The van der Waals surface area contributed by atoms with Crippen molar-refractivity contribution in [1.29, 1.82) is 0 Å². The van der Waals surface area contributed by atoms with Gasteiger partial charge in [0.15, 0.2) is 0 Å². The van der Waals surface area contributed by atoms with Crippen LogP contribution in [0.3, 0.4) is 0 Å². The van der Waals surface area contributed by atoms with Crippen molar-refractivity contribution >= 4 is 11.7 Å². The first-order valence-electron chi connectivity index (χ1n) is 6.70. The molecule has 0 radical (unpaired) electrons. The number of carbonyl (C=O) groups is 1. The third-order valence-electron chi connectivity index (χ3n) is 2.46. The molecule has 0 aliphatic carbocycles. The quantitative estimate of drug-likeness (QED) is 0.475. The molecule has 1 aromatic rings. The molecule has 0 heterocycles. The van der Waals surface area contributed by atoms with Crippen molar-refractivity contribution in [2.24, 2.45) is 0 Å². The molecule has 5 nitrogen and oxygen atoms in total. The molecule has 0 aliphatic heterocycles. The summed E-state index contributed by atoms with van der Waals surface area (Å²) >= 11 is 0. The predicted octanol–water partition coefficient (Wildman–Crippen LogP) is 2.38. The van der Waals surface area contributed by atoms with Crippen LogP contribution in [-0.2, 0) is 4.74 Å². The van der Waals surface area contributed by atoms with Crippen LogP contribution in [0.4, 0.5) is 5.69 Å². The summed E-state index contributed by atoms with van der Waals surface area (Å²) in [6.45, 7) is 6.02. The van der Waals surface area contributed by atoms with E-state index in [0.29, 0.717) is 30.0 Å². The molecule has 3 N–H and O–H groups in total. The van der Waals surface area contributed by atoms with Crippen LogP contribution in [-0.4, -0.2) is 29.9 Å². The van der Waals surface area contributed by atoms with Crippen molar-refractivity contribution in [1.82, 2.24) is 0 Å². The van der Waals surface area contributed by atoms with Gasteiger partial charge in [0.25, 0.3) is 0 Å². The Morgan fingerprint density at radius 3 is 2.60 bits per heavy atom. The van der Waals surface area contributed by atoms with Gasteiger partial charge in [0.1, 0.15) is 11.4 Å². The summed E-state index contributed by atoms with van der Waals surface area (Å²) in [5.41, 5.74) is 6.15. The summed E-state index contributed by atoms with van der Waals surface area (Å²) in [4.78, 5) is 11.9. The fraction of sp³-hybridized carbons (Fsp3) is 0.533. The number of anilines is 1. The number of esters is 1. The zero-order valence-electron chi connectivity index (χ0n) is 12.3. The topological polar surface area (TPSA) is 81.8 Å². The molecule has 0 saturated carbocycles. The molecule has 0 bridgehead atoms. The van der Waals surface area contributed by atoms with Gasteiger partial charge in [0, 0.05) is 6.61 Å². The minimum absolute atomic E-state index is 0.136. The summed E-state index contributed by atoms with van der Waals surface area (Å²) in [6, 6.07) is 4.83. The minimum Gasteiger partial charge on any atom is -0.491 e. The average Bonchev–Trinajstić information content (AvgIpc) is 2.34. The molecule has 1 rings (SSSR count). The van der Waals surface area contributed by atoms with Crippen LogP contribution < -0.4 is 10.5 Å². The highest BCUT2D eigenvalue weighted by atomic mass is 16.6. The highest BCUT2D eigenvalue weighted by Crippen LogP contribution is 2.24. The van der Waals surface area contributed by atoms with Crippen LogP contribution in [0.1, 0.15) is 44.0 Å². The van der Waals surface area contributed by atoms with Crippen LogP contribution in [0.5, 0.6) is 5.75 Å². The van der Waals surface area contributed by atoms with E-state index in [4.69, 9.17) is 20.3 Å². The Morgan fingerprint density at radius 1 is 1.30 bits per heavy atom. The predicted molar refractivity (Wildman–Crippen MR) is 77.8 cm³/mol. The molecule has 112 valence electrons. The smallest absolute Gasteiger partial charge is 0.338 e. The number of rotatable bonds is 6. The molecule has 20 heavy (non-hydrogen) atoms. The van der Waals surface area contributed by atoms with Gasteiger partial charge in [0.05, 0.1) is 17.9 Å². The van der Waals surface area contributed by atoms with Gasteiger partial charge in [-0.1, -0.05) is 0 Å². The van der Waals surface area contributed by atoms with Crippen molar-refractivity contribution in [2.45, 2.75) is 39.2 Å². The Kier molecular flexibility index (Phi) is 5.82. The summed E-state index contributed by atoms with van der Waals surface area (Å²) in [7, 11) is 0. The van der Waals surface area contributed by atoms with E-state index in [1.54, 1.807) is 18.2 Å². The molecule has 0 aliphatic rings. The van der Waals surface area contributed by atoms with Crippen molar-refractivity contribution in [3.05, 3.63) is 23.8 Å². The summed E-state index contributed by atoms with van der Waals surface area (Å²) < 4.78 is 10.8. The molecule has 0 saturated heterocycles. The molecule has 5 heteroatoms. The number of hydrogen-bond acceptors (Lipinski definition) is 5. The zero-order valence-corrected chi connectivity index (χ0v) is 12.3. The van der Waals surface area contributed by atoms with Crippen LogP contribution in [0, 0.1) is 0 Å². The molecule has 0 aromatic heterocycles. The number of ether oxygens (including phenoxy) is 2. The SMILES string of the molecule is CC(C)(C)OC(=O)c1ccc(N)c(OCCCCO)c1. The van der Waals surface area contributed by atoms with Crippen molar-refractivity contribution < 1.29 is 19.4 Å². The fourth-order valence-electron chi connectivity index (χ4n) is 1.52. The monoisotopic (exact) mass is 281 g/mol. The Hall–Kier alpha value is -1.75. The third kappa shape index (κ3) is 5.48. The standard InChI is InChI=1S/C15H23NO4/c1-15(2,3)20-14(18)11-6-7-12(16)13(10-11)19-9-5-4-8-17/h6-7,10,17H,4-5,8-9,16H2,1-3H3. The summed E-state index contributed by atoms with van der Waals surface area (Å²) in [5, 5.41) is 8.70. The second kappa shape index (κ2) is 7.14. The first-order chi connectivity index (χ1) is 9.33. The van der Waals surface area contributed by atoms with Crippen molar-refractivity contribution in [3.8, 4) is 5.75 Å². The lowest BCUT2D eigenvalue weighted by atomic mass is 10.1. The van der Waals surface area contributed by atoms with Gasteiger partial charge in [-0.25, -0.2) is 4.79 Å². The number of hydrogen-bond donors (Lipinski definition) is 2. The van der Waals surface area contributed by atoms with E-state index in [0.717, 1.165) is 6.42 Å². The van der Waals surface area contributed by atoms with Gasteiger partial charge < -0.3 is 20.3 Å². The Bertz CT molecular complexity index is 452. The molecule has 0 amide bonds. The maximum atomic E-state index is 11.9. The normalized spacial score (nSPS) is 11.2. The second-order valence-corrected chi connectivity index (χ2v) is 5.53.